The van der Waals surface area contributed by atoms with Crippen molar-refractivity contribution < 1.29 is 22.7 Å². The number of carbonyl (C=O) groups is 1. The van der Waals surface area contributed by atoms with Gasteiger partial charge >= 0.3 is 0 Å². The molecule has 0 radical (unpaired) electrons. The largest absolute Gasteiger partial charge is 0.493 e. The van der Waals surface area contributed by atoms with E-state index in [-0.39, 0.29) is 30.0 Å². The SMILES string of the molecule is COc1ccccc1OC[C@H](C)NC(=O)[C@H]1CCCN(S(=O)(=O)c2ccc(Cl)cc2)C1. The van der Waals surface area contributed by atoms with E-state index in [1.54, 1.807) is 31.4 Å². The average Bonchev–Trinajstić information content (AvgIpc) is 2.78. The van der Waals surface area contributed by atoms with Gasteiger partial charge in [-0.15, -0.1) is 0 Å². The molecule has 7 nitrogen and oxygen atoms in total. The Hall–Kier alpha value is -2.29. The van der Waals surface area contributed by atoms with E-state index in [2.05, 4.69) is 5.32 Å². The van der Waals surface area contributed by atoms with Crippen molar-refractivity contribution in [3.05, 3.63) is 53.6 Å². The summed E-state index contributed by atoms with van der Waals surface area (Å²) in [4.78, 5) is 12.9. The van der Waals surface area contributed by atoms with Crippen LogP contribution in [0, 0.1) is 5.92 Å². The average molecular weight is 467 g/mol. The van der Waals surface area contributed by atoms with Crippen LogP contribution in [0.3, 0.4) is 0 Å². The number of carbonyl (C=O) groups excluding carboxylic acids is 1. The molecule has 1 amide bonds. The van der Waals surface area contributed by atoms with Crippen LogP contribution in [0.2, 0.25) is 5.02 Å². The molecule has 0 bridgehead atoms. The highest BCUT2D eigenvalue weighted by Gasteiger charge is 2.33. The molecule has 0 spiro atoms. The third-order valence-corrected chi connectivity index (χ3v) is 7.28. The second kappa shape index (κ2) is 10.3. The van der Waals surface area contributed by atoms with Crippen molar-refractivity contribution in [3.8, 4) is 11.5 Å². The van der Waals surface area contributed by atoms with Crippen LogP contribution in [0.15, 0.2) is 53.4 Å². The van der Waals surface area contributed by atoms with Crippen LogP contribution in [0.1, 0.15) is 19.8 Å². The number of amides is 1. The summed E-state index contributed by atoms with van der Waals surface area (Å²) in [7, 11) is -2.10. The highest BCUT2D eigenvalue weighted by Crippen LogP contribution is 2.26. The van der Waals surface area contributed by atoms with Crippen molar-refractivity contribution in [1.29, 1.82) is 0 Å². The molecule has 1 heterocycles. The van der Waals surface area contributed by atoms with E-state index in [0.29, 0.717) is 35.9 Å². The lowest BCUT2D eigenvalue weighted by molar-refractivity contribution is -0.126. The summed E-state index contributed by atoms with van der Waals surface area (Å²) in [6, 6.07) is 13.1. The zero-order valence-electron chi connectivity index (χ0n) is 17.6. The Balaban J connectivity index is 1.57. The molecule has 2 atom stereocenters. The van der Waals surface area contributed by atoms with Gasteiger partial charge in [-0.25, -0.2) is 8.42 Å². The number of nitrogens with one attached hydrogen (secondary N) is 1. The molecule has 1 aliphatic rings. The Morgan fingerprint density at radius 1 is 1.19 bits per heavy atom. The van der Waals surface area contributed by atoms with Gasteiger partial charge in [-0.3, -0.25) is 4.79 Å². The number of nitrogens with zero attached hydrogens (tertiary/aromatic N) is 1. The monoisotopic (exact) mass is 466 g/mol. The lowest BCUT2D eigenvalue weighted by atomic mass is 9.98. The minimum atomic E-state index is -3.67. The minimum Gasteiger partial charge on any atom is -0.493 e. The predicted molar refractivity (Wildman–Crippen MR) is 119 cm³/mol. The summed E-state index contributed by atoms with van der Waals surface area (Å²) in [5.41, 5.74) is 0. The number of methoxy groups -OCH3 is 1. The molecule has 0 aliphatic carbocycles. The Labute approximate surface area is 188 Å². The van der Waals surface area contributed by atoms with Gasteiger partial charge in [0.05, 0.1) is 24.0 Å². The molecule has 9 heteroatoms. The molecule has 0 aromatic heterocycles. The smallest absolute Gasteiger partial charge is 0.243 e. The normalized spacial score (nSPS) is 18.2. The number of hydrogen-bond donors (Lipinski definition) is 1. The van der Waals surface area contributed by atoms with Gasteiger partial charge in [-0.1, -0.05) is 23.7 Å². The molecule has 1 aliphatic heterocycles. The number of hydrogen-bond acceptors (Lipinski definition) is 5. The molecule has 2 aromatic carbocycles. The fourth-order valence-electron chi connectivity index (χ4n) is 3.49. The van der Waals surface area contributed by atoms with Crippen LogP contribution >= 0.6 is 11.6 Å². The number of sulfonamides is 1. The summed E-state index contributed by atoms with van der Waals surface area (Å²) < 4.78 is 38.3. The zero-order valence-corrected chi connectivity index (χ0v) is 19.2. The second-order valence-electron chi connectivity index (χ2n) is 7.53. The topological polar surface area (TPSA) is 84.9 Å². The summed E-state index contributed by atoms with van der Waals surface area (Å²) in [5, 5.41) is 3.40. The molecule has 1 saturated heterocycles. The van der Waals surface area contributed by atoms with Crippen LogP contribution < -0.4 is 14.8 Å². The lowest BCUT2D eigenvalue weighted by Gasteiger charge is -2.31. The number of piperidine rings is 1. The van der Waals surface area contributed by atoms with Gasteiger partial charge in [0, 0.05) is 18.1 Å². The van der Waals surface area contributed by atoms with Crippen LogP contribution in [-0.2, 0) is 14.8 Å². The summed E-state index contributed by atoms with van der Waals surface area (Å²) >= 11 is 5.86. The number of rotatable bonds is 8. The van der Waals surface area contributed by atoms with E-state index in [1.807, 2.05) is 19.1 Å². The predicted octanol–water partition coefficient (Wildman–Crippen LogP) is 3.33. The Morgan fingerprint density at radius 3 is 2.55 bits per heavy atom. The van der Waals surface area contributed by atoms with Gasteiger partial charge in [-0.2, -0.15) is 4.31 Å². The molecule has 31 heavy (non-hydrogen) atoms. The van der Waals surface area contributed by atoms with E-state index in [4.69, 9.17) is 21.1 Å². The van der Waals surface area contributed by atoms with Crippen molar-refractivity contribution >= 4 is 27.5 Å². The van der Waals surface area contributed by atoms with E-state index in [1.165, 1.54) is 16.4 Å². The van der Waals surface area contributed by atoms with Gasteiger partial charge in [0.15, 0.2) is 11.5 Å². The van der Waals surface area contributed by atoms with Gasteiger partial charge in [0.25, 0.3) is 0 Å². The highest BCUT2D eigenvalue weighted by atomic mass is 35.5. The van der Waals surface area contributed by atoms with Gasteiger partial charge in [0.2, 0.25) is 15.9 Å². The fraction of sp³-hybridized carbons (Fsp3) is 0.409. The van der Waals surface area contributed by atoms with Crippen molar-refractivity contribution in [2.75, 3.05) is 26.8 Å². The first kappa shape index (κ1) is 23.4. The van der Waals surface area contributed by atoms with E-state index < -0.39 is 15.9 Å². The Kier molecular flexibility index (Phi) is 7.80. The number of para-hydroxylation sites is 2. The second-order valence-corrected chi connectivity index (χ2v) is 9.90. The first-order chi connectivity index (χ1) is 14.8. The van der Waals surface area contributed by atoms with Crippen LogP contribution in [-0.4, -0.2) is 51.5 Å². The van der Waals surface area contributed by atoms with Gasteiger partial charge in [-0.05, 0) is 56.2 Å². The molecule has 3 rings (SSSR count). The maximum atomic E-state index is 12.9. The molecule has 0 saturated carbocycles. The quantitative estimate of drug-likeness (QED) is 0.645. The number of ether oxygens (including phenoxy) is 2. The molecule has 0 unspecified atom stereocenters. The first-order valence-corrected chi connectivity index (χ1v) is 11.9. The molecular formula is C22H27ClN2O5S. The Bertz CT molecular complexity index is 997. The number of halogens is 1. The van der Waals surface area contributed by atoms with Crippen molar-refractivity contribution in [3.63, 3.8) is 0 Å². The number of benzene rings is 2. The van der Waals surface area contributed by atoms with E-state index in [9.17, 15) is 13.2 Å². The van der Waals surface area contributed by atoms with Crippen LogP contribution in [0.5, 0.6) is 11.5 Å². The lowest BCUT2D eigenvalue weighted by Crippen LogP contribution is -2.48. The van der Waals surface area contributed by atoms with Crippen LogP contribution in [0.4, 0.5) is 0 Å². The zero-order chi connectivity index (χ0) is 22.4. The molecule has 2 aromatic rings. The van der Waals surface area contributed by atoms with E-state index in [0.717, 1.165) is 0 Å². The van der Waals surface area contributed by atoms with E-state index >= 15 is 0 Å². The van der Waals surface area contributed by atoms with Crippen molar-refractivity contribution in [2.24, 2.45) is 5.92 Å². The molecule has 168 valence electrons. The fourth-order valence-corrected chi connectivity index (χ4v) is 5.14. The first-order valence-electron chi connectivity index (χ1n) is 10.1. The van der Waals surface area contributed by atoms with Crippen molar-refractivity contribution in [1.82, 2.24) is 9.62 Å². The Morgan fingerprint density at radius 2 is 1.87 bits per heavy atom. The molecule has 1 fully saturated rings. The summed E-state index contributed by atoms with van der Waals surface area (Å²) in [5.74, 6) is 0.636. The van der Waals surface area contributed by atoms with Gasteiger partial charge < -0.3 is 14.8 Å². The van der Waals surface area contributed by atoms with Crippen molar-refractivity contribution in [2.45, 2.75) is 30.7 Å². The van der Waals surface area contributed by atoms with Crippen LogP contribution in [0.25, 0.3) is 0 Å². The minimum absolute atomic E-state index is 0.150. The third-order valence-electron chi connectivity index (χ3n) is 5.15. The summed E-state index contributed by atoms with van der Waals surface area (Å²) in [6.45, 7) is 2.65. The molecular weight excluding hydrogens is 440 g/mol. The highest BCUT2D eigenvalue weighted by molar-refractivity contribution is 7.89. The van der Waals surface area contributed by atoms with Gasteiger partial charge in [0.1, 0.15) is 6.61 Å². The maximum absolute atomic E-state index is 12.9. The molecule has 1 N–H and O–H groups in total. The summed E-state index contributed by atoms with van der Waals surface area (Å²) in [6.07, 6.45) is 1.26. The maximum Gasteiger partial charge on any atom is 0.243 e. The standard InChI is InChI=1S/C22H27ClN2O5S/c1-16(15-30-21-8-4-3-7-20(21)29-2)24-22(26)17-6-5-13-25(14-17)31(27,28)19-11-9-18(23)10-12-19/h3-4,7-12,16-17H,5-6,13-15H2,1-2H3,(H,24,26)/t16-,17-/m0/s1. The third kappa shape index (κ3) is 5.90.